The molecule has 1 aliphatic heterocycles. The fraction of sp³-hybridized carbons (Fsp3) is 0.231. The number of carboxylic acids is 1. The number of carboxylic acid groups (broad SMARTS) is 1. The third-order valence-electron chi connectivity index (χ3n) is 2.93. The molecule has 1 N–H and O–H groups in total. The molecule has 7 nitrogen and oxygen atoms in total. The molecule has 0 saturated carbocycles. The van der Waals surface area contributed by atoms with Gasteiger partial charge in [-0.25, -0.2) is 9.80 Å². The van der Waals surface area contributed by atoms with Gasteiger partial charge in [-0.1, -0.05) is 15.9 Å². The average molecular weight is 355 g/mol. The van der Waals surface area contributed by atoms with Crippen molar-refractivity contribution in [2.45, 2.75) is 12.8 Å². The molecule has 0 atom stereocenters. The Morgan fingerprint density at radius 3 is 2.10 bits per heavy atom. The minimum absolute atomic E-state index is 0.0454. The quantitative estimate of drug-likeness (QED) is 0.646. The average Bonchev–Trinajstić information content (AvgIpc) is 2.80. The third kappa shape index (κ3) is 2.94. The molecule has 0 unspecified atom stereocenters. The van der Waals surface area contributed by atoms with Crippen LogP contribution in [0.2, 0.25) is 0 Å². The maximum absolute atomic E-state index is 12.0. The minimum Gasteiger partial charge on any atom is -0.478 e. The van der Waals surface area contributed by atoms with Gasteiger partial charge in [-0.3, -0.25) is 14.4 Å². The summed E-state index contributed by atoms with van der Waals surface area (Å²) in [5.74, 6) is -2.52. The number of carbonyl (C=O) groups excluding carboxylic acids is 3. The van der Waals surface area contributed by atoms with E-state index in [-0.39, 0.29) is 29.4 Å². The maximum atomic E-state index is 12.0. The molecular weight excluding hydrogens is 344 g/mol. The van der Waals surface area contributed by atoms with Crippen LogP contribution in [0.25, 0.3) is 0 Å². The molecule has 0 bridgehead atoms. The van der Waals surface area contributed by atoms with Gasteiger partial charge in [0.2, 0.25) is 11.8 Å². The van der Waals surface area contributed by atoms with Crippen molar-refractivity contribution >= 4 is 45.3 Å². The van der Waals surface area contributed by atoms with E-state index in [1.54, 1.807) is 0 Å². The summed E-state index contributed by atoms with van der Waals surface area (Å²) in [5.41, 5.74) is 0.303. The molecule has 3 amide bonds. The monoisotopic (exact) mass is 354 g/mol. The van der Waals surface area contributed by atoms with E-state index in [1.807, 2.05) is 0 Å². The molecule has 1 aromatic rings. The van der Waals surface area contributed by atoms with Crippen LogP contribution in [0.5, 0.6) is 0 Å². The highest BCUT2D eigenvalue weighted by atomic mass is 79.9. The number of halogens is 1. The fourth-order valence-electron chi connectivity index (χ4n) is 1.96. The first-order valence-electron chi connectivity index (χ1n) is 6.03. The number of benzene rings is 1. The van der Waals surface area contributed by atoms with Crippen molar-refractivity contribution in [2.24, 2.45) is 0 Å². The van der Waals surface area contributed by atoms with Crippen LogP contribution in [-0.4, -0.2) is 39.1 Å². The van der Waals surface area contributed by atoms with Gasteiger partial charge < -0.3 is 5.11 Å². The molecule has 21 heavy (non-hydrogen) atoms. The van der Waals surface area contributed by atoms with Crippen molar-refractivity contribution in [3.05, 3.63) is 29.8 Å². The number of hydrogen-bond donors (Lipinski definition) is 1. The van der Waals surface area contributed by atoms with E-state index in [1.165, 1.54) is 24.3 Å². The Labute approximate surface area is 128 Å². The van der Waals surface area contributed by atoms with Crippen molar-refractivity contribution in [2.75, 3.05) is 10.3 Å². The lowest BCUT2D eigenvalue weighted by atomic mass is 10.2. The second kappa shape index (κ2) is 6.04. The van der Waals surface area contributed by atoms with Crippen molar-refractivity contribution < 1.29 is 24.3 Å². The van der Waals surface area contributed by atoms with Gasteiger partial charge in [0.25, 0.3) is 5.91 Å². The summed E-state index contributed by atoms with van der Waals surface area (Å²) in [4.78, 5) is 46.4. The van der Waals surface area contributed by atoms with Crippen molar-refractivity contribution in [1.82, 2.24) is 5.01 Å². The zero-order chi connectivity index (χ0) is 15.6. The number of amides is 3. The summed E-state index contributed by atoms with van der Waals surface area (Å²) in [6.45, 7) is 0. The second-order valence-electron chi connectivity index (χ2n) is 4.29. The summed E-state index contributed by atoms with van der Waals surface area (Å²) >= 11 is 3.00. The highest BCUT2D eigenvalue weighted by Gasteiger charge is 2.37. The van der Waals surface area contributed by atoms with Gasteiger partial charge in [0, 0.05) is 12.8 Å². The first-order chi connectivity index (χ1) is 9.95. The summed E-state index contributed by atoms with van der Waals surface area (Å²) < 4.78 is 0. The molecular formula is C13H11BrN2O5. The Morgan fingerprint density at radius 1 is 1.14 bits per heavy atom. The summed E-state index contributed by atoms with van der Waals surface area (Å²) in [6.07, 6.45) is 0.107. The first kappa shape index (κ1) is 15.2. The number of hydrogen-bond acceptors (Lipinski definition) is 4. The lowest BCUT2D eigenvalue weighted by Crippen LogP contribution is -2.50. The summed E-state index contributed by atoms with van der Waals surface area (Å²) in [7, 11) is 0. The van der Waals surface area contributed by atoms with E-state index in [0.29, 0.717) is 0 Å². The molecule has 0 spiro atoms. The van der Waals surface area contributed by atoms with Crippen molar-refractivity contribution in [1.29, 1.82) is 0 Å². The fourth-order valence-corrected chi connectivity index (χ4v) is 2.20. The molecule has 1 aromatic carbocycles. The molecule has 8 heteroatoms. The second-order valence-corrected chi connectivity index (χ2v) is 4.85. The van der Waals surface area contributed by atoms with Gasteiger partial charge >= 0.3 is 5.97 Å². The van der Waals surface area contributed by atoms with Crippen molar-refractivity contribution in [3.8, 4) is 0 Å². The van der Waals surface area contributed by atoms with E-state index >= 15 is 0 Å². The van der Waals surface area contributed by atoms with E-state index < -0.39 is 23.7 Å². The van der Waals surface area contributed by atoms with Gasteiger partial charge in [0.1, 0.15) is 0 Å². The van der Waals surface area contributed by atoms with Crippen LogP contribution in [0.15, 0.2) is 24.3 Å². The van der Waals surface area contributed by atoms with Gasteiger partial charge in [-0.15, -0.1) is 0 Å². The Kier molecular flexibility index (Phi) is 4.37. The number of anilines is 1. The van der Waals surface area contributed by atoms with E-state index in [9.17, 15) is 19.2 Å². The minimum atomic E-state index is -1.10. The van der Waals surface area contributed by atoms with Crippen LogP contribution >= 0.6 is 15.9 Å². The van der Waals surface area contributed by atoms with E-state index in [2.05, 4.69) is 15.9 Å². The number of rotatable bonds is 4. The molecule has 0 aromatic heterocycles. The lowest BCUT2D eigenvalue weighted by Gasteiger charge is -2.29. The molecule has 1 saturated heterocycles. The van der Waals surface area contributed by atoms with Crippen LogP contribution in [0, 0.1) is 0 Å². The highest BCUT2D eigenvalue weighted by Crippen LogP contribution is 2.23. The van der Waals surface area contributed by atoms with Gasteiger partial charge in [-0.2, -0.15) is 5.01 Å². The Morgan fingerprint density at radius 2 is 1.67 bits per heavy atom. The van der Waals surface area contributed by atoms with Gasteiger partial charge in [-0.05, 0) is 24.3 Å². The Hall–Kier alpha value is -2.22. The largest absolute Gasteiger partial charge is 0.478 e. The van der Waals surface area contributed by atoms with Gasteiger partial charge in [0.05, 0.1) is 16.6 Å². The maximum Gasteiger partial charge on any atom is 0.335 e. The Bertz CT molecular complexity index is 597. The van der Waals surface area contributed by atoms with Crippen LogP contribution in [-0.2, 0) is 14.4 Å². The molecule has 1 heterocycles. The normalized spacial score (nSPS) is 14.4. The molecule has 110 valence electrons. The third-order valence-corrected chi connectivity index (χ3v) is 3.41. The topological polar surface area (TPSA) is 95.0 Å². The smallest absolute Gasteiger partial charge is 0.335 e. The van der Waals surface area contributed by atoms with Crippen LogP contribution in [0.4, 0.5) is 5.69 Å². The highest BCUT2D eigenvalue weighted by molar-refractivity contribution is 9.09. The Balaban J connectivity index is 2.41. The summed E-state index contributed by atoms with van der Waals surface area (Å²) in [6, 6.07) is 5.36. The number of hydrazine groups is 1. The number of alkyl halides is 1. The molecule has 0 aliphatic carbocycles. The number of imide groups is 1. The summed E-state index contributed by atoms with van der Waals surface area (Å²) in [5, 5.41) is 10.6. The zero-order valence-electron chi connectivity index (χ0n) is 10.8. The molecule has 2 rings (SSSR count). The molecule has 1 aliphatic rings. The number of aromatic carboxylic acids is 1. The molecule has 0 radical (unpaired) electrons. The predicted octanol–water partition coefficient (Wildman–Crippen LogP) is 1.18. The first-order valence-corrected chi connectivity index (χ1v) is 7.16. The number of carbonyl (C=O) groups is 4. The zero-order valence-corrected chi connectivity index (χ0v) is 12.4. The predicted molar refractivity (Wildman–Crippen MR) is 75.8 cm³/mol. The van der Waals surface area contributed by atoms with Crippen LogP contribution < -0.4 is 5.01 Å². The standard InChI is InChI=1S/C13H11BrN2O5/c14-7-12(19)15(16-10(17)5-6-11(16)18)9-3-1-8(2-4-9)13(20)21/h1-4H,5-7H2,(H,20,21). The van der Waals surface area contributed by atoms with Crippen LogP contribution in [0.3, 0.4) is 0 Å². The van der Waals surface area contributed by atoms with Crippen LogP contribution in [0.1, 0.15) is 23.2 Å². The number of nitrogens with zero attached hydrogens (tertiary/aromatic N) is 2. The lowest BCUT2D eigenvalue weighted by molar-refractivity contribution is -0.142. The SMILES string of the molecule is O=C(O)c1ccc(N(C(=O)CBr)N2C(=O)CCC2=O)cc1. The van der Waals surface area contributed by atoms with E-state index in [4.69, 9.17) is 5.11 Å². The van der Waals surface area contributed by atoms with Gasteiger partial charge in [0.15, 0.2) is 0 Å². The van der Waals surface area contributed by atoms with Crippen molar-refractivity contribution in [3.63, 3.8) is 0 Å². The van der Waals surface area contributed by atoms with E-state index in [0.717, 1.165) is 10.0 Å². The molecule has 1 fully saturated rings.